The Morgan fingerprint density at radius 2 is 1.74 bits per heavy atom. The van der Waals surface area contributed by atoms with Crippen molar-refractivity contribution in [2.45, 2.75) is 0 Å². The fourth-order valence-electron chi connectivity index (χ4n) is 2.23. The van der Waals surface area contributed by atoms with Crippen LogP contribution in [0.5, 0.6) is 0 Å². The van der Waals surface area contributed by atoms with Crippen LogP contribution in [0, 0.1) is 0 Å². The number of hydrogen-bond acceptors (Lipinski definition) is 2. The number of halogens is 2. The van der Waals surface area contributed by atoms with Gasteiger partial charge in [-0.05, 0) is 29.8 Å². The molecule has 1 heterocycles. The number of anilines is 1. The summed E-state index contributed by atoms with van der Waals surface area (Å²) >= 11 is 12.1. The van der Waals surface area contributed by atoms with Crippen molar-refractivity contribution in [1.82, 2.24) is 4.98 Å². The normalized spacial score (nSPS) is 10.3. The first-order valence-electron chi connectivity index (χ1n) is 6.92. The van der Waals surface area contributed by atoms with E-state index in [1.807, 2.05) is 36.4 Å². The van der Waals surface area contributed by atoms with Gasteiger partial charge in [0, 0.05) is 16.8 Å². The molecule has 3 aromatic rings. The Hall–Kier alpha value is -2.36. The topological polar surface area (TPSA) is 42.0 Å². The molecule has 5 heteroatoms. The van der Waals surface area contributed by atoms with Crippen LogP contribution < -0.4 is 5.32 Å². The number of rotatable bonds is 3. The lowest BCUT2D eigenvalue weighted by Crippen LogP contribution is -2.13. The van der Waals surface area contributed by atoms with Gasteiger partial charge in [-0.2, -0.15) is 0 Å². The second-order valence-electron chi connectivity index (χ2n) is 4.85. The zero-order valence-electron chi connectivity index (χ0n) is 12.0. The molecular weight excluding hydrogens is 331 g/mol. The van der Waals surface area contributed by atoms with E-state index in [4.69, 9.17) is 23.2 Å². The number of pyridine rings is 1. The quantitative estimate of drug-likeness (QED) is 0.655. The van der Waals surface area contributed by atoms with E-state index in [0.29, 0.717) is 16.3 Å². The van der Waals surface area contributed by atoms with Crippen LogP contribution in [0.3, 0.4) is 0 Å². The van der Waals surface area contributed by atoms with Gasteiger partial charge in [0.25, 0.3) is 5.91 Å². The lowest BCUT2D eigenvalue weighted by atomic mass is 10.0. The molecule has 0 aliphatic rings. The average molecular weight is 343 g/mol. The molecule has 1 N–H and O–H groups in total. The Labute approximate surface area is 143 Å². The number of nitrogens with one attached hydrogen (secondary N) is 1. The Kier molecular flexibility index (Phi) is 4.60. The molecule has 0 fully saturated rings. The second kappa shape index (κ2) is 6.82. The summed E-state index contributed by atoms with van der Waals surface area (Å²) in [6, 6.07) is 18.4. The third-order valence-electron chi connectivity index (χ3n) is 3.32. The minimum absolute atomic E-state index is 0.160. The maximum Gasteiger partial charge on any atom is 0.258 e. The van der Waals surface area contributed by atoms with Gasteiger partial charge in [-0.3, -0.25) is 4.79 Å². The van der Waals surface area contributed by atoms with Crippen molar-refractivity contribution in [3.05, 3.63) is 82.6 Å². The van der Waals surface area contributed by atoms with Crippen LogP contribution in [-0.2, 0) is 0 Å². The van der Waals surface area contributed by atoms with E-state index >= 15 is 0 Å². The van der Waals surface area contributed by atoms with E-state index in [1.54, 1.807) is 24.3 Å². The molecular formula is C18H12Cl2N2O. The zero-order valence-corrected chi connectivity index (χ0v) is 13.5. The van der Waals surface area contributed by atoms with Gasteiger partial charge in [-0.25, -0.2) is 4.98 Å². The SMILES string of the molecule is O=C(Nc1cc(Cl)ccc1-c1ccccc1)c1cccnc1Cl. The van der Waals surface area contributed by atoms with E-state index in [-0.39, 0.29) is 11.1 Å². The van der Waals surface area contributed by atoms with Crippen LogP contribution in [0.15, 0.2) is 66.9 Å². The van der Waals surface area contributed by atoms with Crippen molar-refractivity contribution >= 4 is 34.8 Å². The van der Waals surface area contributed by atoms with Gasteiger partial charge < -0.3 is 5.32 Å². The van der Waals surface area contributed by atoms with E-state index in [2.05, 4.69) is 10.3 Å². The van der Waals surface area contributed by atoms with E-state index in [1.165, 1.54) is 6.20 Å². The first-order valence-corrected chi connectivity index (χ1v) is 7.67. The van der Waals surface area contributed by atoms with Gasteiger partial charge in [0.05, 0.1) is 11.3 Å². The summed E-state index contributed by atoms with van der Waals surface area (Å²) in [5.41, 5.74) is 2.79. The molecule has 0 radical (unpaired) electrons. The minimum atomic E-state index is -0.331. The maximum absolute atomic E-state index is 12.5. The molecule has 1 amide bonds. The number of benzene rings is 2. The van der Waals surface area contributed by atoms with Crippen molar-refractivity contribution in [1.29, 1.82) is 0 Å². The molecule has 0 aliphatic carbocycles. The van der Waals surface area contributed by atoms with E-state index < -0.39 is 0 Å². The monoisotopic (exact) mass is 342 g/mol. The molecule has 3 rings (SSSR count). The Balaban J connectivity index is 1.98. The molecule has 2 aromatic carbocycles. The van der Waals surface area contributed by atoms with Gasteiger partial charge in [0.2, 0.25) is 0 Å². The zero-order chi connectivity index (χ0) is 16.2. The molecule has 0 saturated heterocycles. The highest BCUT2D eigenvalue weighted by atomic mass is 35.5. The fraction of sp³-hybridized carbons (Fsp3) is 0. The van der Waals surface area contributed by atoms with Crippen LogP contribution in [0.25, 0.3) is 11.1 Å². The third-order valence-corrected chi connectivity index (χ3v) is 3.85. The average Bonchev–Trinajstić information content (AvgIpc) is 2.56. The Bertz CT molecular complexity index is 851. The summed E-state index contributed by atoms with van der Waals surface area (Å²) in [5, 5.41) is 3.56. The van der Waals surface area contributed by atoms with Crippen molar-refractivity contribution < 1.29 is 4.79 Å². The predicted molar refractivity (Wildman–Crippen MR) is 94.1 cm³/mol. The van der Waals surface area contributed by atoms with Crippen LogP contribution in [0.2, 0.25) is 10.2 Å². The number of carbonyl (C=O) groups excluding carboxylic acids is 1. The fourth-order valence-corrected chi connectivity index (χ4v) is 2.61. The Morgan fingerprint density at radius 1 is 0.957 bits per heavy atom. The van der Waals surface area contributed by atoms with Crippen LogP contribution in [-0.4, -0.2) is 10.9 Å². The molecule has 23 heavy (non-hydrogen) atoms. The van der Waals surface area contributed by atoms with Crippen molar-refractivity contribution in [3.8, 4) is 11.1 Å². The summed E-state index contributed by atoms with van der Waals surface area (Å²) in [5.74, 6) is -0.331. The van der Waals surface area contributed by atoms with Crippen molar-refractivity contribution in [3.63, 3.8) is 0 Å². The summed E-state index contributed by atoms with van der Waals surface area (Å²) < 4.78 is 0. The molecule has 0 aliphatic heterocycles. The molecule has 1 aromatic heterocycles. The van der Waals surface area contributed by atoms with Gasteiger partial charge >= 0.3 is 0 Å². The maximum atomic E-state index is 12.5. The lowest BCUT2D eigenvalue weighted by molar-refractivity contribution is 0.102. The highest BCUT2D eigenvalue weighted by molar-refractivity contribution is 6.33. The molecule has 0 bridgehead atoms. The molecule has 114 valence electrons. The number of aromatic nitrogens is 1. The highest BCUT2D eigenvalue weighted by Crippen LogP contribution is 2.31. The highest BCUT2D eigenvalue weighted by Gasteiger charge is 2.14. The van der Waals surface area contributed by atoms with Crippen molar-refractivity contribution in [2.75, 3.05) is 5.32 Å². The molecule has 0 saturated carbocycles. The van der Waals surface area contributed by atoms with Crippen molar-refractivity contribution in [2.24, 2.45) is 0 Å². The predicted octanol–water partition coefficient (Wildman–Crippen LogP) is 5.31. The van der Waals surface area contributed by atoms with Gasteiger partial charge in [0.1, 0.15) is 5.15 Å². The largest absolute Gasteiger partial charge is 0.321 e. The van der Waals surface area contributed by atoms with Gasteiger partial charge in [-0.1, -0.05) is 59.6 Å². The summed E-state index contributed by atoms with van der Waals surface area (Å²) in [6.45, 7) is 0. The van der Waals surface area contributed by atoms with Gasteiger partial charge in [-0.15, -0.1) is 0 Å². The molecule has 3 nitrogen and oxygen atoms in total. The summed E-state index contributed by atoms with van der Waals surface area (Å²) in [4.78, 5) is 16.4. The van der Waals surface area contributed by atoms with E-state index in [9.17, 15) is 4.79 Å². The summed E-state index contributed by atoms with van der Waals surface area (Å²) in [7, 11) is 0. The number of nitrogens with zero attached hydrogens (tertiary/aromatic N) is 1. The van der Waals surface area contributed by atoms with Gasteiger partial charge in [0.15, 0.2) is 0 Å². The first kappa shape index (κ1) is 15.5. The van der Waals surface area contributed by atoms with Crippen LogP contribution >= 0.6 is 23.2 Å². The Morgan fingerprint density at radius 3 is 2.48 bits per heavy atom. The minimum Gasteiger partial charge on any atom is -0.321 e. The van der Waals surface area contributed by atoms with E-state index in [0.717, 1.165) is 11.1 Å². The number of amides is 1. The smallest absolute Gasteiger partial charge is 0.258 e. The number of carbonyl (C=O) groups is 1. The van der Waals surface area contributed by atoms with Crippen LogP contribution in [0.4, 0.5) is 5.69 Å². The lowest BCUT2D eigenvalue weighted by Gasteiger charge is -2.12. The second-order valence-corrected chi connectivity index (χ2v) is 5.65. The third kappa shape index (κ3) is 3.52. The molecule has 0 spiro atoms. The van der Waals surface area contributed by atoms with Crippen LogP contribution in [0.1, 0.15) is 10.4 Å². The molecule has 0 atom stereocenters. The first-order chi connectivity index (χ1) is 11.1. The molecule has 0 unspecified atom stereocenters. The standard InChI is InChI=1S/C18H12Cl2N2O/c19-13-8-9-14(12-5-2-1-3-6-12)16(11-13)22-18(23)15-7-4-10-21-17(15)20/h1-11H,(H,22,23). The number of hydrogen-bond donors (Lipinski definition) is 1. The summed E-state index contributed by atoms with van der Waals surface area (Å²) in [6.07, 6.45) is 1.54.